The zero-order valence-electron chi connectivity index (χ0n) is 9.13. The maximum absolute atomic E-state index is 4.18. The Balaban J connectivity index is 2.64. The van der Waals surface area contributed by atoms with Crippen molar-refractivity contribution in [3.8, 4) is 0 Å². The molecule has 0 aliphatic rings. The second-order valence-electron chi connectivity index (χ2n) is 4.37. The van der Waals surface area contributed by atoms with Gasteiger partial charge in [-0.1, -0.05) is 56.0 Å². The van der Waals surface area contributed by atoms with E-state index in [1.54, 1.807) is 23.1 Å². The van der Waals surface area contributed by atoms with E-state index in [9.17, 15) is 0 Å². The van der Waals surface area contributed by atoms with Gasteiger partial charge in [-0.25, -0.2) is 0 Å². The van der Waals surface area contributed by atoms with Gasteiger partial charge in [-0.3, -0.25) is 0 Å². The number of hydrogen-bond acceptors (Lipinski definition) is 4. The van der Waals surface area contributed by atoms with Crippen LogP contribution in [0.2, 0.25) is 0 Å². The molecule has 0 aliphatic heterocycles. The molecule has 1 heterocycles. The van der Waals surface area contributed by atoms with Crippen molar-refractivity contribution in [1.82, 2.24) is 10.2 Å². The number of hydrogen-bond donors (Lipinski definition) is 0. The third-order valence-corrected chi connectivity index (χ3v) is 4.20. The Hall–Kier alpha value is -0.350. The van der Waals surface area contributed by atoms with Gasteiger partial charge < -0.3 is 0 Å². The summed E-state index contributed by atoms with van der Waals surface area (Å²) < 4.78 is 1.04. The molecular formula is C10H16N2S2. The molecule has 14 heavy (non-hydrogen) atoms. The summed E-state index contributed by atoms with van der Waals surface area (Å²) in [6, 6.07) is 0. The van der Waals surface area contributed by atoms with Crippen LogP contribution in [-0.4, -0.2) is 16.0 Å². The van der Waals surface area contributed by atoms with Crippen LogP contribution < -0.4 is 0 Å². The van der Waals surface area contributed by atoms with Crippen LogP contribution in [0.15, 0.2) is 16.5 Å². The summed E-state index contributed by atoms with van der Waals surface area (Å²) in [5.74, 6) is 0.929. The molecule has 0 saturated carbocycles. The zero-order chi connectivity index (χ0) is 10.8. The Kier molecular flexibility index (Phi) is 3.72. The van der Waals surface area contributed by atoms with Crippen molar-refractivity contribution >= 4 is 23.1 Å². The molecule has 0 spiro atoms. The van der Waals surface area contributed by atoms with Crippen molar-refractivity contribution in [1.29, 1.82) is 0 Å². The van der Waals surface area contributed by atoms with E-state index in [-0.39, 0.29) is 5.41 Å². The van der Waals surface area contributed by atoms with Gasteiger partial charge in [-0.05, 0) is 6.92 Å². The van der Waals surface area contributed by atoms with E-state index >= 15 is 0 Å². The molecule has 0 aliphatic carbocycles. The molecule has 4 heteroatoms. The van der Waals surface area contributed by atoms with Gasteiger partial charge in [0.1, 0.15) is 5.01 Å². The zero-order valence-corrected chi connectivity index (χ0v) is 10.8. The van der Waals surface area contributed by atoms with Gasteiger partial charge in [0.05, 0.1) is 0 Å². The molecule has 0 bridgehead atoms. The summed E-state index contributed by atoms with van der Waals surface area (Å²) >= 11 is 3.39. The van der Waals surface area contributed by atoms with Crippen LogP contribution in [0.25, 0.3) is 0 Å². The van der Waals surface area contributed by atoms with Crippen LogP contribution in [0, 0.1) is 0 Å². The lowest BCUT2D eigenvalue weighted by Crippen LogP contribution is -2.10. The van der Waals surface area contributed by atoms with Crippen molar-refractivity contribution in [2.75, 3.05) is 5.75 Å². The van der Waals surface area contributed by atoms with Crippen LogP contribution in [0.1, 0.15) is 32.7 Å². The fraction of sp³-hybridized carbons (Fsp3) is 0.600. The summed E-state index contributed by atoms with van der Waals surface area (Å²) in [6.45, 7) is 12.3. The molecule has 0 N–H and O–H groups in total. The second-order valence-corrected chi connectivity index (χ2v) is 6.57. The summed E-state index contributed by atoms with van der Waals surface area (Å²) in [5, 5.41) is 9.43. The van der Waals surface area contributed by atoms with Crippen LogP contribution >= 0.6 is 23.1 Å². The number of nitrogens with zero attached hydrogens (tertiary/aromatic N) is 2. The van der Waals surface area contributed by atoms with Crippen LogP contribution in [0.5, 0.6) is 0 Å². The molecule has 0 radical (unpaired) electrons. The fourth-order valence-electron chi connectivity index (χ4n) is 0.756. The minimum atomic E-state index is 0.111. The first kappa shape index (κ1) is 11.7. The standard InChI is InChI=1S/C10H16N2S2/c1-7(2)6-13-9-12-11-8(14-9)10(3,4)5/h1,6H2,2-5H3. The molecule has 1 aromatic heterocycles. The first-order valence-corrected chi connectivity index (χ1v) is 6.31. The third-order valence-electron chi connectivity index (χ3n) is 1.49. The summed E-state index contributed by atoms with van der Waals surface area (Å²) in [6.07, 6.45) is 0. The highest BCUT2D eigenvalue weighted by Gasteiger charge is 2.19. The monoisotopic (exact) mass is 228 g/mol. The van der Waals surface area contributed by atoms with Gasteiger partial charge in [-0.15, -0.1) is 10.2 Å². The predicted octanol–water partition coefficient (Wildman–Crippen LogP) is 3.50. The van der Waals surface area contributed by atoms with Gasteiger partial charge in [-0.2, -0.15) is 0 Å². The third kappa shape index (κ3) is 3.42. The molecule has 1 rings (SSSR count). The average Bonchev–Trinajstić information content (AvgIpc) is 2.47. The summed E-state index contributed by atoms with van der Waals surface area (Å²) in [5.41, 5.74) is 1.28. The second kappa shape index (κ2) is 4.45. The van der Waals surface area contributed by atoms with Gasteiger partial charge in [0.2, 0.25) is 0 Å². The summed E-state index contributed by atoms with van der Waals surface area (Å²) in [4.78, 5) is 0. The normalized spacial score (nSPS) is 11.7. The van der Waals surface area contributed by atoms with E-state index in [0.717, 1.165) is 15.1 Å². The van der Waals surface area contributed by atoms with Crippen molar-refractivity contribution in [3.05, 3.63) is 17.2 Å². The van der Waals surface area contributed by atoms with E-state index in [2.05, 4.69) is 37.5 Å². The van der Waals surface area contributed by atoms with E-state index in [0.29, 0.717) is 0 Å². The van der Waals surface area contributed by atoms with E-state index < -0.39 is 0 Å². The molecule has 0 atom stereocenters. The van der Waals surface area contributed by atoms with Gasteiger partial charge in [0, 0.05) is 11.2 Å². The number of thioether (sulfide) groups is 1. The smallest absolute Gasteiger partial charge is 0.142 e. The van der Waals surface area contributed by atoms with Gasteiger partial charge in [0.25, 0.3) is 0 Å². The Morgan fingerprint density at radius 1 is 1.43 bits per heavy atom. The Morgan fingerprint density at radius 3 is 2.50 bits per heavy atom. The molecule has 1 aromatic rings. The predicted molar refractivity (Wildman–Crippen MR) is 64.1 cm³/mol. The van der Waals surface area contributed by atoms with Crippen molar-refractivity contribution in [2.24, 2.45) is 0 Å². The van der Waals surface area contributed by atoms with Crippen molar-refractivity contribution in [3.63, 3.8) is 0 Å². The highest BCUT2D eigenvalue weighted by molar-refractivity contribution is 8.01. The Morgan fingerprint density at radius 2 is 2.07 bits per heavy atom. The SMILES string of the molecule is C=C(C)CSc1nnc(C(C)(C)C)s1. The quantitative estimate of drug-likeness (QED) is 0.585. The Bertz CT molecular complexity index is 323. The van der Waals surface area contributed by atoms with Crippen molar-refractivity contribution < 1.29 is 0 Å². The van der Waals surface area contributed by atoms with Crippen LogP contribution in [0.3, 0.4) is 0 Å². The van der Waals surface area contributed by atoms with Gasteiger partial charge >= 0.3 is 0 Å². The topological polar surface area (TPSA) is 25.8 Å². The molecular weight excluding hydrogens is 212 g/mol. The van der Waals surface area contributed by atoms with Crippen molar-refractivity contribution in [2.45, 2.75) is 37.4 Å². The molecule has 2 nitrogen and oxygen atoms in total. The molecule has 0 unspecified atom stereocenters. The lowest BCUT2D eigenvalue weighted by Gasteiger charge is -2.12. The molecule has 0 fully saturated rings. The lowest BCUT2D eigenvalue weighted by atomic mass is 9.98. The minimum absolute atomic E-state index is 0.111. The number of rotatable bonds is 3. The maximum Gasteiger partial charge on any atom is 0.174 e. The number of aromatic nitrogens is 2. The van der Waals surface area contributed by atoms with Gasteiger partial charge in [0.15, 0.2) is 4.34 Å². The van der Waals surface area contributed by atoms with E-state index in [1.807, 2.05) is 6.92 Å². The molecule has 0 saturated heterocycles. The summed E-state index contributed by atoms with van der Waals surface area (Å²) in [7, 11) is 0. The first-order chi connectivity index (χ1) is 6.39. The lowest BCUT2D eigenvalue weighted by molar-refractivity contribution is 0.577. The largest absolute Gasteiger partial charge is 0.174 e. The fourth-order valence-corrected chi connectivity index (χ4v) is 2.51. The first-order valence-electron chi connectivity index (χ1n) is 4.51. The highest BCUT2D eigenvalue weighted by atomic mass is 32.2. The minimum Gasteiger partial charge on any atom is -0.142 e. The average molecular weight is 228 g/mol. The van der Waals surface area contributed by atoms with E-state index in [1.165, 1.54) is 5.57 Å². The van der Waals surface area contributed by atoms with E-state index in [4.69, 9.17) is 0 Å². The molecule has 78 valence electrons. The van der Waals surface area contributed by atoms with Crippen LogP contribution in [-0.2, 0) is 5.41 Å². The Labute approximate surface area is 93.8 Å². The molecule has 0 amide bonds. The maximum atomic E-state index is 4.18. The van der Waals surface area contributed by atoms with Crippen LogP contribution in [0.4, 0.5) is 0 Å². The highest BCUT2D eigenvalue weighted by Crippen LogP contribution is 2.30. The molecule has 0 aromatic carbocycles.